The maximum atomic E-state index is 5.46. The molecule has 1 aliphatic heterocycles. The van der Waals surface area contributed by atoms with Crippen LogP contribution < -0.4 is 4.90 Å². The summed E-state index contributed by atoms with van der Waals surface area (Å²) in [5, 5.41) is 12.5. The largest absolute Gasteiger partial charge is 0.378 e. The third kappa shape index (κ3) is 2.93. The lowest BCUT2D eigenvalue weighted by Gasteiger charge is -2.57. The molecule has 3 heterocycles. The second-order valence-electron chi connectivity index (χ2n) is 9.62. The normalized spacial score (nSPS) is 34.3. The molecule has 2 aromatic heterocycles. The van der Waals surface area contributed by atoms with Crippen molar-refractivity contribution in [3.8, 4) is 0 Å². The Morgan fingerprint density at radius 1 is 1.04 bits per heavy atom. The maximum absolute atomic E-state index is 5.46. The lowest BCUT2D eigenvalue weighted by Crippen LogP contribution is -2.48. The minimum atomic E-state index is 0.498. The Labute approximate surface area is 165 Å². The number of ether oxygens (including phenoxy) is 1. The van der Waals surface area contributed by atoms with Crippen molar-refractivity contribution < 1.29 is 4.74 Å². The average Bonchev–Trinajstić information content (AvgIpc) is 3.31. The monoisotopic (exact) mass is 383 g/mol. The molecule has 1 saturated heterocycles. The third-order valence-electron chi connectivity index (χ3n) is 7.57. The van der Waals surface area contributed by atoms with Gasteiger partial charge in [0.1, 0.15) is 12.4 Å². The van der Waals surface area contributed by atoms with Gasteiger partial charge in [-0.15, -0.1) is 0 Å². The van der Waals surface area contributed by atoms with Crippen molar-refractivity contribution >= 4 is 5.95 Å². The van der Waals surface area contributed by atoms with Crippen LogP contribution in [0.1, 0.15) is 44.3 Å². The number of imidazole rings is 1. The van der Waals surface area contributed by atoms with Crippen LogP contribution in [0.2, 0.25) is 0 Å². The van der Waals surface area contributed by atoms with Gasteiger partial charge in [-0.1, -0.05) is 5.10 Å². The van der Waals surface area contributed by atoms with Gasteiger partial charge >= 0.3 is 0 Å². The highest BCUT2D eigenvalue weighted by molar-refractivity contribution is 5.28. The van der Waals surface area contributed by atoms with E-state index < -0.39 is 0 Å². The molecule has 7 rings (SSSR count). The number of anilines is 1. The minimum Gasteiger partial charge on any atom is -0.378 e. The van der Waals surface area contributed by atoms with Crippen LogP contribution in [0.25, 0.3) is 0 Å². The number of morpholine rings is 1. The SMILES string of the molecule is c1cn(CC23CC4CC(CC(C4)C2)C3)c(Cn2nnnc2N2CCOCC2)n1. The molecule has 0 radical (unpaired) electrons. The van der Waals surface area contributed by atoms with Gasteiger partial charge in [0.25, 0.3) is 0 Å². The minimum absolute atomic E-state index is 0.498. The van der Waals surface area contributed by atoms with Crippen LogP contribution in [0, 0.1) is 23.2 Å². The number of hydrogen-bond acceptors (Lipinski definition) is 6. The first-order valence-corrected chi connectivity index (χ1v) is 10.9. The number of rotatable bonds is 5. The summed E-state index contributed by atoms with van der Waals surface area (Å²) in [6, 6.07) is 0. The van der Waals surface area contributed by atoms with Crippen LogP contribution in [-0.4, -0.2) is 56.1 Å². The van der Waals surface area contributed by atoms with Gasteiger partial charge in [-0.25, -0.2) is 9.67 Å². The summed E-state index contributed by atoms with van der Waals surface area (Å²) >= 11 is 0. The van der Waals surface area contributed by atoms with Crippen molar-refractivity contribution in [3.63, 3.8) is 0 Å². The van der Waals surface area contributed by atoms with E-state index in [1.165, 1.54) is 38.5 Å². The molecule has 0 aromatic carbocycles. The first kappa shape index (κ1) is 16.9. The summed E-state index contributed by atoms with van der Waals surface area (Å²) in [5.74, 6) is 4.83. The molecule has 5 aliphatic rings. The van der Waals surface area contributed by atoms with Gasteiger partial charge in [0.15, 0.2) is 0 Å². The molecule has 0 atom stereocenters. The Balaban J connectivity index is 1.22. The maximum Gasteiger partial charge on any atom is 0.246 e. The van der Waals surface area contributed by atoms with Crippen molar-refractivity contribution in [2.45, 2.75) is 51.6 Å². The smallest absolute Gasteiger partial charge is 0.246 e. The fourth-order valence-electron chi connectivity index (χ4n) is 6.91. The average molecular weight is 384 g/mol. The zero-order chi connectivity index (χ0) is 18.6. The van der Waals surface area contributed by atoms with Gasteiger partial charge in [0, 0.05) is 32.0 Å². The highest BCUT2D eigenvalue weighted by Gasteiger charge is 2.51. The van der Waals surface area contributed by atoms with E-state index in [0.717, 1.165) is 62.4 Å². The first-order chi connectivity index (χ1) is 13.8. The molecule has 0 amide bonds. The van der Waals surface area contributed by atoms with Crippen LogP contribution >= 0.6 is 0 Å². The van der Waals surface area contributed by atoms with E-state index in [0.29, 0.717) is 12.0 Å². The molecular formula is C20H29N7O. The molecule has 150 valence electrons. The van der Waals surface area contributed by atoms with E-state index in [-0.39, 0.29) is 0 Å². The molecule has 4 bridgehead atoms. The van der Waals surface area contributed by atoms with E-state index in [1.54, 1.807) is 0 Å². The van der Waals surface area contributed by atoms with Gasteiger partial charge in [-0.3, -0.25) is 0 Å². The van der Waals surface area contributed by atoms with Crippen LogP contribution in [0.4, 0.5) is 5.95 Å². The Morgan fingerprint density at radius 2 is 1.75 bits per heavy atom. The standard InChI is InChI=1S/C20H29N7O/c1-2-26(14-20-10-15-7-16(11-20)9-17(8-15)12-20)18(21-1)13-27-19(22-23-24-27)25-3-5-28-6-4-25/h1-2,15-17H,3-14H2. The topological polar surface area (TPSA) is 73.9 Å². The number of hydrogen-bond donors (Lipinski definition) is 0. The van der Waals surface area contributed by atoms with E-state index in [4.69, 9.17) is 4.74 Å². The summed E-state index contributed by atoms with van der Waals surface area (Å²) in [7, 11) is 0. The van der Waals surface area contributed by atoms with Crippen molar-refractivity contribution in [1.29, 1.82) is 0 Å². The van der Waals surface area contributed by atoms with Gasteiger partial charge in [0.05, 0.1) is 13.2 Å². The van der Waals surface area contributed by atoms with Crippen molar-refractivity contribution in [3.05, 3.63) is 18.2 Å². The number of nitrogens with zero attached hydrogens (tertiary/aromatic N) is 7. The number of aromatic nitrogens is 6. The Kier molecular flexibility index (Phi) is 3.96. The second kappa shape index (κ2) is 6.54. The van der Waals surface area contributed by atoms with Gasteiger partial charge in [0.2, 0.25) is 5.95 Å². The van der Waals surface area contributed by atoms with Crippen molar-refractivity contribution in [1.82, 2.24) is 29.8 Å². The third-order valence-corrected chi connectivity index (χ3v) is 7.57. The van der Waals surface area contributed by atoms with E-state index in [2.05, 4.69) is 36.2 Å². The molecule has 5 fully saturated rings. The summed E-state index contributed by atoms with van der Waals surface area (Å²) in [4.78, 5) is 6.88. The Bertz CT molecular complexity index is 802. The molecule has 0 unspecified atom stereocenters. The lowest BCUT2D eigenvalue weighted by atomic mass is 9.49. The van der Waals surface area contributed by atoms with E-state index >= 15 is 0 Å². The van der Waals surface area contributed by atoms with Crippen LogP contribution in [0.3, 0.4) is 0 Å². The zero-order valence-electron chi connectivity index (χ0n) is 16.4. The summed E-state index contributed by atoms with van der Waals surface area (Å²) in [6.07, 6.45) is 12.8. The quantitative estimate of drug-likeness (QED) is 0.786. The summed E-state index contributed by atoms with van der Waals surface area (Å²) in [5.41, 5.74) is 0.498. The molecule has 28 heavy (non-hydrogen) atoms. The molecule has 4 saturated carbocycles. The van der Waals surface area contributed by atoms with Crippen molar-refractivity contribution in [2.24, 2.45) is 23.2 Å². The molecule has 8 heteroatoms. The summed E-state index contributed by atoms with van der Waals surface area (Å²) in [6.45, 7) is 4.87. The molecule has 4 aliphatic carbocycles. The second-order valence-corrected chi connectivity index (χ2v) is 9.62. The van der Waals surface area contributed by atoms with Gasteiger partial charge in [-0.2, -0.15) is 0 Å². The highest BCUT2D eigenvalue weighted by atomic mass is 16.5. The Morgan fingerprint density at radius 3 is 2.46 bits per heavy atom. The molecule has 8 nitrogen and oxygen atoms in total. The predicted molar refractivity (Wildman–Crippen MR) is 103 cm³/mol. The van der Waals surface area contributed by atoms with Gasteiger partial charge in [-0.05, 0) is 72.1 Å². The van der Waals surface area contributed by atoms with E-state index in [1.807, 2.05) is 10.9 Å². The fourth-order valence-corrected chi connectivity index (χ4v) is 6.91. The molecule has 0 N–H and O–H groups in total. The predicted octanol–water partition coefficient (Wildman–Crippen LogP) is 1.97. The fraction of sp³-hybridized carbons (Fsp3) is 0.800. The first-order valence-electron chi connectivity index (χ1n) is 10.9. The van der Waals surface area contributed by atoms with Crippen molar-refractivity contribution in [2.75, 3.05) is 31.2 Å². The summed E-state index contributed by atoms with van der Waals surface area (Å²) < 4.78 is 9.74. The lowest BCUT2D eigenvalue weighted by molar-refractivity contribution is -0.0622. The van der Waals surface area contributed by atoms with Crippen LogP contribution in [-0.2, 0) is 17.8 Å². The Hall–Kier alpha value is -1.96. The van der Waals surface area contributed by atoms with Crippen LogP contribution in [0.15, 0.2) is 12.4 Å². The zero-order valence-corrected chi connectivity index (χ0v) is 16.4. The number of tetrazole rings is 1. The molecular weight excluding hydrogens is 354 g/mol. The van der Waals surface area contributed by atoms with E-state index in [9.17, 15) is 0 Å². The molecule has 2 aromatic rings. The molecule has 0 spiro atoms. The van der Waals surface area contributed by atoms with Crippen LogP contribution in [0.5, 0.6) is 0 Å². The highest BCUT2D eigenvalue weighted by Crippen LogP contribution is 2.60. The van der Waals surface area contributed by atoms with Gasteiger partial charge < -0.3 is 14.2 Å².